The lowest BCUT2D eigenvalue weighted by molar-refractivity contribution is -0.119. The first kappa shape index (κ1) is 20.2. The molecule has 0 aromatic heterocycles. The molecule has 0 aliphatic carbocycles. The SMILES string of the molecule is CCOc1cccc(N2C(=O)C(SC(C)C)=C(c3ccc(C)cc3C)C2=O)c1. The number of imide groups is 1. The van der Waals surface area contributed by atoms with Crippen LogP contribution in [0.15, 0.2) is 47.4 Å². The van der Waals surface area contributed by atoms with Crippen molar-refractivity contribution in [1.29, 1.82) is 0 Å². The molecule has 0 spiro atoms. The standard InChI is InChI=1S/C23H25NO3S/c1-6-27-18-9-7-8-17(13-18)24-22(25)20(21(23(24)26)28-14(2)3)19-11-10-15(4)12-16(19)5/h7-14H,6H2,1-5H3. The number of carbonyl (C=O) groups excluding carboxylic acids is 2. The zero-order valence-electron chi connectivity index (χ0n) is 16.9. The van der Waals surface area contributed by atoms with Gasteiger partial charge in [0.15, 0.2) is 0 Å². The lowest BCUT2D eigenvalue weighted by Gasteiger charge is -2.16. The maximum atomic E-state index is 13.4. The van der Waals surface area contributed by atoms with Crippen LogP contribution in [-0.4, -0.2) is 23.7 Å². The number of aryl methyl sites for hydroxylation is 2. The highest BCUT2D eigenvalue weighted by atomic mass is 32.2. The van der Waals surface area contributed by atoms with Crippen LogP contribution < -0.4 is 9.64 Å². The molecule has 28 heavy (non-hydrogen) atoms. The smallest absolute Gasteiger partial charge is 0.272 e. The van der Waals surface area contributed by atoms with Crippen LogP contribution >= 0.6 is 11.8 Å². The minimum Gasteiger partial charge on any atom is -0.494 e. The number of benzene rings is 2. The quantitative estimate of drug-likeness (QED) is 0.636. The Balaban J connectivity index is 2.11. The van der Waals surface area contributed by atoms with Crippen LogP contribution in [0.5, 0.6) is 5.75 Å². The van der Waals surface area contributed by atoms with E-state index >= 15 is 0 Å². The summed E-state index contributed by atoms with van der Waals surface area (Å²) >= 11 is 1.44. The highest BCUT2D eigenvalue weighted by Crippen LogP contribution is 2.41. The Kier molecular flexibility index (Phi) is 5.94. The molecule has 0 saturated carbocycles. The van der Waals surface area contributed by atoms with Gasteiger partial charge in [0.1, 0.15) is 5.75 Å². The second-order valence-corrected chi connectivity index (χ2v) is 8.65. The Labute approximate surface area is 170 Å². The minimum absolute atomic E-state index is 0.183. The van der Waals surface area contributed by atoms with Crippen LogP contribution in [-0.2, 0) is 9.59 Å². The molecule has 146 valence electrons. The molecule has 0 unspecified atom stereocenters. The molecule has 2 aromatic rings. The van der Waals surface area contributed by atoms with E-state index in [1.54, 1.807) is 18.2 Å². The molecule has 0 N–H and O–H groups in total. The fraction of sp³-hybridized carbons (Fsp3) is 0.304. The first-order valence-corrected chi connectivity index (χ1v) is 10.3. The van der Waals surface area contributed by atoms with E-state index in [1.807, 2.05) is 58.9 Å². The highest BCUT2D eigenvalue weighted by Gasteiger charge is 2.41. The van der Waals surface area contributed by atoms with Gasteiger partial charge in [0, 0.05) is 11.3 Å². The molecule has 4 nitrogen and oxygen atoms in total. The van der Waals surface area contributed by atoms with Gasteiger partial charge in [-0.05, 0) is 44.0 Å². The molecule has 1 aliphatic heterocycles. The predicted octanol–water partition coefficient (Wildman–Crippen LogP) is 5.13. The number of rotatable bonds is 6. The Hall–Kier alpha value is -2.53. The number of ether oxygens (including phenoxy) is 1. The zero-order chi connectivity index (χ0) is 20.4. The largest absolute Gasteiger partial charge is 0.494 e. The third-order valence-corrected chi connectivity index (χ3v) is 5.52. The van der Waals surface area contributed by atoms with Crippen molar-refractivity contribution in [2.75, 3.05) is 11.5 Å². The molecular weight excluding hydrogens is 370 g/mol. The third-order valence-electron chi connectivity index (χ3n) is 4.43. The average Bonchev–Trinajstić information content (AvgIpc) is 2.86. The number of hydrogen-bond donors (Lipinski definition) is 0. The lowest BCUT2D eigenvalue weighted by atomic mass is 9.99. The van der Waals surface area contributed by atoms with E-state index in [9.17, 15) is 9.59 Å². The third kappa shape index (κ3) is 3.85. The van der Waals surface area contributed by atoms with Crippen LogP contribution in [0.3, 0.4) is 0 Å². The summed E-state index contributed by atoms with van der Waals surface area (Å²) < 4.78 is 5.54. The van der Waals surface area contributed by atoms with Crippen LogP contribution in [0.2, 0.25) is 0 Å². The van der Waals surface area contributed by atoms with E-state index in [0.29, 0.717) is 28.5 Å². The molecule has 0 radical (unpaired) electrons. The molecule has 0 fully saturated rings. The van der Waals surface area contributed by atoms with Crippen molar-refractivity contribution in [3.8, 4) is 5.75 Å². The zero-order valence-corrected chi connectivity index (χ0v) is 17.7. The number of hydrogen-bond acceptors (Lipinski definition) is 4. The number of nitrogens with zero attached hydrogens (tertiary/aromatic N) is 1. The first-order valence-electron chi connectivity index (χ1n) is 9.43. The topological polar surface area (TPSA) is 46.6 Å². The Morgan fingerprint density at radius 2 is 1.79 bits per heavy atom. The van der Waals surface area contributed by atoms with Crippen molar-refractivity contribution >= 4 is 34.8 Å². The van der Waals surface area contributed by atoms with Gasteiger partial charge in [0.25, 0.3) is 11.8 Å². The molecule has 2 amide bonds. The fourth-order valence-corrected chi connectivity index (χ4v) is 4.28. The molecule has 1 aliphatic rings. The second-order valence-electron chi connectivity index (χ2n) is 7.07. The highest BCUT2D eigenvalue weighted by molar-refractivity contribution is 8.04. The van der Waals surface area contributed by atoms with Crippen LogP contribution in [0.4, 0.5) is 5.69 Å². The summed E-state index contributed by atoms with van der Waals surface area (Å²) in [6.45, 7) is 10.5. The summed E-state index contributed by atoms with van der Waals surface area (Å²) in [5, 5.41) is 0.183. The normalized spacial score (nSPS) is 14.4. The summed E-state index contributed by atoms with van der Waals surface area (Å²) in [5.74, 6) is 0.0831. The van der Waals surface area contributed by atoms with Crippen molar-refractivity contribution in [2.24, 2.45) is 0 Å². The summed E-state index contributed by atoms with van der Waals surface area (Å²) in [6.07, 6.45) is 0. The van der Waals surface area contributed by atoms with Crippen molar-refractivity contribution < 1.29 is 14.3 Å². The van der Waals surface area contributed by atoms with Gasteiger partial charge in [-0.25, -0.2) is 4.90 Å². The van der Waals surface area contributed by atoms with Crippen molar-refractivity contribution in [2.45, 2.75) is 39.9 Å². The van der Waals surface area contributed by atoms with E-state index < -0.39 is 0 Å². The molecule has 0 bridgehead atoms. The maximum Gasteiger partial charge on any atom is 0.272 e. The van der Waals surface area contributed by atoms with Gasteiger partial charge in [-0.1, -0.05) is 43.7 Å². The number of carbonyl (C=O) groups is 2. The van der Waals surface area contributed by atoms with Crippen molar-refractivity contribution in [1.82, 2.24) is 0 Å². The molecule has 5 heteroatoms. The van der Waals surface area contributed by atoms with E-state index in [1.165, 1.54) is 16.7 Å². The Bertz CT molecular complexity index is 962. The van der Waals surface area contributed by atoms with Crippen LogP contribution in [0.1, 0.15) is 37.5 Å². The molecule has 3 rings (SSSR count). The van der Waals surface area contributed by atoms with Gasteiger partial charge in [0.2, 0.25) is 0 Å². The van der Waals surface area contributed by atoms with Crippen LogP contribution in [0, 0.1) is 13.8 Å². The van der Waals surface area contributed by atoms with Crippen molar-refractivity contribution in [3.05, 3.63) is 64.1 Å². The molecular formula is C23H25NO3S. The average molecular weight is 396 g/mol. The van der Waals surface area contributed by atoms with E-state index in [4.69, 9.17) is 4.74 Å². The van der Waals surface area contributed by atoms with Crippen molar-refractivity contribution in [3.63, 3.8) is 0 Å². The van der Waals surface area contributed by atoms with Gasteiger partial charge < -0.3 is 4.74 Å². The lowest BCUT2D eigenvalue weighted by Crippen LogP contribution is -2.31. The fourth-order valence-electron chi connectivity index (χ4n) is 3.30. The van der Waals surface area contributed by atoms with E-state index in [-0.39, 0.29) is 17.1 Å². The van der Waals surface area contributed by atoms with E-state index in [2.05, 4.69) is 0 Å². The number of anilines is 1. The van der Waals surface area contributed by atoms with Gasteiger partial charge >= 0.3 is 0 Å². The summed E-state index contributed by atoms with van der Waals surface area (Å²) in [5.41, 5.74) is 3.95. The van der Waals surface area contributed by atoms with Gasteiger partial charge in [-0.2, -0.15) is 0 Å². The Morgan fingerprint density at radius 3 is 2.43 bits per heavy atom. The second kappa shape index (κ2) is 8.23. The van der Waals surface area contributed by atoms with Gasteiger partial charge in [-0.15, -0.1) is 11.8 Å². The molecule has 0 saturated heterocycles. The van der Waals surface area contributed by atoms with Gasteiger partial charge in [0.05, 0.1) is 22.8 Å². The maximum absolute atomic E-state index is 13.4. The predicted molar refractivity (Wildman–Crippen MR) is 116 cm³/mol. The minimum atomic E-state index is -0.284. The number of thioether (sulfide) groups is 1. The molecule has 1 heterocycles. The summed E-state index contributed by atoms with van der Waals surface area (Å²) in [6, 6.07) is 13.1. The first-order chi connectivity index (χ1) is 13.3. The van der Waals surface area contributed by atoms with Crippen LogP contribution in [0.25, 0.3) is 5.57 Å². The summed E-state index contributed by atoms with van der Waals surface area (Å²) in [7, 11) is 0. The molecule has 0 atom stereocenters. The molecule has 2 aromatic carbocycles. The number of amides is 2. The van der Waals surface area contributed by atoms with Gasteiger partial charge in [-0.3, -0.25) is 9.59 Å². The van der Waals surface area contributed by atoms with E-state index in [0.717, 1.165) is 16.7 Å². The Morgan fingerprint density at radius 1 is 1.04 bits per heavy atom. The summed E-state index contributed by atoms with van der Waals surface area (Å²) in [4.78, 5) is 28.5. The monoisotopic (exact) mass is 395 g/mol.